The third-order valence-electron chi connectivity index (χ3n) is 2.71. The maximum atomic E-state index is 14.0. The molecular formula is C14H14ClFN2O2. The molecule has 0 unspecified atom stereocenters. The van der Waals surface area contributed by atoms with Gasteiger partial charge in [0.1, 0.15) is 22.8 Å². The lowest BCUT2D eigenvalue weighted by atomic mass is 10.0. The van der Waals surface area contributed by atoms with E-state index in [2.05, 4.69) is 10.5 Å². The van der Waals surface area contributed by atoms with E-state index in [1.165, 1.54) is 18.2 Å². The molecule has 0 saturated carbocycles. The minimum absolute atomic E-state index is 0.0549. The number of nitrogens with zero attached hydrogens (tertiary/aromatic N) is 1. The van der Waals surface area contributed by atoms with Crippen LogP contribution in [0.1, 0.15) is 30.0 Å². The minimum Gasteiger partial charge on any atom is -0.360 e. The summed E-state index contributed by atoms with van der Waals surface area (Å²) in [5.74, 6) is -0.602. The summed E-state index contributed by atoms with van der Waals surface area (Å²) in [6, 6.07) is 4.23. The molecule has 0 aliphatic heterocycles. The third kappa shape index (κ3) is 2.67. The summed E-state index contributed by atoms with van der Waals surface area (Å²) >= 11 is 6.00. The fourth-order valence-electron chi connectivity index (χ4n) is 1.87. The largest absolute Gasteiger partial charge is 0.360 e. The van der Waals surface area contributed by atoms with Crippen LogP contribution in [0.15, 0.2) is 22.7 Å². The zero-order valence-electron chi connectivity index (χ0n) is 11.3. The van der Waals surface area contributed by atoms with E-state index in [0.717, 1.165) is 0 Å². The van der Waals surface area contributed by atoms with E-state index >= 15 is 0 Å². The van der Waals surface area contributed by atoms with Crippen LogP contribution in [0.4, 0.5) is 4.39 Å². The molecule has 1 aromatic heterocycles. The van der Waals surface area contributed by atoms with Gasteiger partial charge in [-0.2, -0.15) is 0 Å². The first-order valence-corrected chi connectivity index (χ1v) is 6.51. The second-order valence-electron chi connectivity index (χ2n) is 4.69. The molecule has 1 aromatic carbocycles. The standard InChI is InChI=1S/C14H14ClFN2O2/c1-7(2)17-14(19)11-8(3)20-18-13(11)12-9(15)5-4-6-10(12)16/h4-7H,1-3H3,(H,17,19). The molecular weight excluding hydrogens is 283 g/mol. The molecule has 0 bridgehead atoms. The molecule has 20 heavy (non-hydrogen) atoms. The SMILES string of the molecule is Cc1onc(-c2c(F)cccc2Cl)c1C(=O)NC(C)C. The Kier molecular flexibility index (Phi) is 4.09. The van der Waals surface area contributed by atoms with E-state index < -0.39 is 5.82 Å². The van der Waals surface area contributed by atoms with Crippen molar-refractivity contribution in [2.45, 2.75) is 26.8 Å². The number of hydrogen-bond acceptors (Lipinski definition) is 3. The van der Waals surface area contributed by atoms with Crippen LogP contribution in [-0.2, 0) is 0 Å². The molecule has 0 aliphatic rings. The Hall–Kier alpha value is -1.88. The number of halogens is 2. The summed E-state index contributed by atoms with van der Waals surface area (Å²) in [5.41, 5.74) is 0.384. The number of nitrogens with one attached hydrogen (secondary N) is 1. The Morgan fingerprint density at radius 1 is 1.45 bits per heavy atom. The number of carbonyl (C=O) groups excluding carboxylic acids is 1. The molecule has 0 radical (unpaired) electrons. The van der Waals surface area contributed by atoms with Crippen LogP contribution < -0.4 is 5.32 Å². The van der Waals surface area contributed by atoms with Crippen LogP contribution >= 0.6 is 11.6 Å². The zero-order chi connectivity index (χ0) is 14.9. The van der Waals surface area contributed by atoms with E-state index in [4.69, 9.17) is 16.1 Å². The van der Waals surface area contributed by atoms with Crippen LogP contribution in [0.2, 0.25) is 5.02 Å². The number of amides is 1. The van der Waals surface area contributed by atoms with Gasteiger partial charge in [-0.15, -0.1) is 0 Å². The highest BCUT2D eigenvalue weighted by Gasteiger charge is 2.25. The Labute approximate surface area is 120 Å². The van der Waals surface area contributed by atoms with E-state index in [9.17, 15) is 9.18 Å². The summed E-state index contributed by atoms with van der Waals surface area (Å²) in [7, 11) is 0. The minimum atomic E-state index is -0.551. The van der Waals surface area contributed by atoms with Crippen molar-refractivity contribution < 1.29 is 13.7 Å². The predicted octanol–water partition coefficient (Wildman–Crippen LogP) is 3.58. The molecule has 4 nitrogen and oxygen atoms in total. The number of aryl methyl sites for hydroxylation is 1. The van der Waals surface area contributed by atoms with Gasteiger partial charge in [0, 0.05) is 6.04 Å². The molecule has 0 saturated heterocycles. The first-order valence-electron chi connectivity index (χ1n) is 6.13. The molecule has 0 fully saturated rings. The zero-order valence-corrected chi connectivity index (χ0v) is 12.1. The van der Waals surface area contributed by atoms with Crippen LogP contribution in [0.25, 0.3) is 11.3 Å². The molecule has 0 spiro atoms. The molecule has 2 rings (SSSR count). The van der Waals surface area contributed by atoms with Crippen LogP contribution in [0.3, 0.4) is 0 Å². The first-order chi connectivity index (χ1) is 9.41. The highest BCUT2D eigenvalue weighted by molar-refractivity contribution is 6.33. The second-order valence-corrected chi connectivity index (χ2v) is 5.09. The smallest absolute Gasteiger partial charge is 0.257 e. The molecule has 2 aromatic rings. The lowest BCUT2D eigenvalue weighted by molar-refractivity contribution is 0.0942. The van der Waals surface area contributed by atoms with Gasteiger partial charge in [-0.1, -0.05) is 22.8 Å². The van der Waals surface area contributed by atoms with Crippen molar-refractivity contribution in [1.82, 2.24) is 10.5 Å². The Morgan fingerprint density at radius 2 is 2.15 bits per heavy atom. The van der Waals surface area contributed by atoms with Crippen molar-refractivity contribution in [1.29, 1.82) is 0 Å². The predicted molar refractivity (Wildman–Crippen MR) is 74.2 cm³/mol. The third-order valence-corrected chi connectivity index (χ3v) is 3.02. The van der Waals surface area contributed by atoms with Crippen LogP contribution in [-0.4, -0.2) is 17.1 Å². The summed E-state index contributed by atoms with van der Waals surface area (Å²) in [6.07, 6.45) is 0. The molecule has 1 heterocycles. The van der Waals surface area contributed by atoms with E-state index in [0.29, 0.717) is 5.76 Å². The van der Waals surface area contributed by atoms with E-state index in [-0.39, 0.29) is 33.8 Å². The van der Waals surface area contributed by atoms with Crippen molar-refractivity contribution in [3.05, 3.63) is 40.4 Å². The van der Waals surface area contributed by atoms with E-state index in [1.54, 1.807) is 6.92 Å². The number of hydrogen-bond donors (Lipinski definition) is 1. The Bertz CT molecular complexity index is 632. The maximum absolute atomic E-state index is 14.0. The molecule has 0 atom stereocenters. The summed E-state index contributed by atoms with van der Waals surface area (Å²) in [4.78, 5) is 12.2. The van der Waals surface area contributed by atoms with Crippen molar-refractivity contribution in [3.8, 4) is 11.3 Å². The van der Waals surface area contributed by atoms with Gasteiger partial charge in [-0.05, 0) is 32.9 Å². The van der Waals surface area contributed by atoms with Gasteiger partial charge in [0.2, 0.25) is 0 Å². The van der Waals surface area contributed by atoms with Gasteiger partial charge in [0.15, 0.2) is 0 Å². The lowest BCUT2D eigenvalue weighted by Crippen LogP contribution is -2.30. The van der Waals surface area contributed by atoms with Crippen LogP contribution in [0, 0.1) is 12.7 Å². The molecule has 6 heteroatoms. The monoisotopic (exact) mass is 296 g/mol. The number of aromatic nitrogens is 1. The van der Waals surface area contributed by atoms with Crippen LogP contribution in [0.5, 0.6) is 0 Å². The summed E-state index contributed by atoms with van der Waals surface area (Å²) in [5, 5.41) is 6.68. The van der Waals surface area contributed by atoms with Crippen molar-refractivity contribution >= 4 is 17.5 Å². The fourth-order valence-corrected chi connectivity index (χ4v) is 2.12. The molecule has 0 aliphatic carbocycles. The normalized spacial score (nSPS) is 10.9. The quantitative estimate of drug-likeness (QED) is 0.942. The van der Waals surface area contributed by atoms with Gasteiger partial charge in [-0.25, -0.2) is 4.39 Å². The topological polar surface area (TPSA) is 55.1 Å². The van der Waals surface area contributed by atoms with Gasteiger partial charge in [0.05, 0.1) is 10.6 Å². The van der Waals surface area contributed by atoms with Crippen molar-refractivity contribution in [2.75, 3.05) is 0 Å². The summed E-state index contributed by atoms with van der Waals surface area (Å²) in [6.45, 7) is 5.26. The average Bonchev–Trinajstić information content (AvgIpc) is 2.70. The molecule has 1 amide bonds. The number of carbonyl (C=O) groups is 1. The van der Waals surface area contributed by atoms with E-state index in [1.807, 2.05) is 13.8 Å². The molecule has 106 valence electrons. The van der Waals surface area contributed by atoms with Gasteiger partial charge in [0.25, 0.3) is 5.91 Å². The maximum Gasteiger partial charge on any atom is 0.257 e. The van der Waals surface area contributed by atoms with Crippen molar-refractivity contribution in [2.24, 2.45) is 0 Å². The van der Waals surface area contributed by atoms with Gasteiger partial charge in [-0.3, -0.25) is 4.79 Å². The summed E-state index contributed by atoms with van der Waals surface area (Å²) < 4.78 is 19.0. The number of benzene rings is 1. The fraction of sp³-hybridized carbons (Fsp3) is 0.286. The Balaban J connectivity index is 2.57. The van der Waals surface area contributed by atoms with Gasteiger partial charge < -0.3 is 9.84 Å². The average molecular weight is 297 g/mol. The Morgan fingerprint density at radius 3 is 2.75 bits per heavy atom. The number of rotatable bonds is 3. The highest BCUT2D eigenvalue weighted by Crippen LogP contribution is 2.33. The van der Waals surface area contributed by atoms with Crippen molar-refractivity contribution in [3.63, 3.8) is 0 Å². The molecule has 1 N–H and O–H groups in total. The first kappa shape index (κ1) is 14.5. The van der Waals surface area contributed by atoms with Gasteiger partial charge >= 0.3 is 0 Å². The highest BCUT2D eigenvalue weighted by atomic mass is 35.5. The second kappa shape index (κ2) is 5.63. The lowest BCUT2D eigenvalue weighted by Gasteiger charge is -2.09.